The first-order valence-electron chi connectivity index (χ1n) is 6.83. The van der Waals surface area contributed by atoms with Crippen LogP contribution in [0.25, 0.3) is 0 Å². The Bertz CT molecular complexity index is 500. The minimum atomic E-state index is 0.538. The van der Waals surface area contributed by atoms with Crippen molar-refractivity contribution in [2.75, 3.05) is 0 Å². The van der Waals surface area contributed by atoms with Crippen LogP contribution < -0.4 is 5.32 Å². The van der Waals surface area contributed by atoms with Crippen LogP contribution in [0.15, 0.2) is 33.4 Å². The van der Waals surface area contributed by atoms with Gasteiger partial charge in [0.25, 0.3) is 0 Å². The summed E-state index contributed by atoms with van der Waals surface area (Å²) in [6.45, 7) is 0.970. The maximum Gasteiger partial charge on any atom is 0.0446 e. The molecule has 1 saturated carbocycles. The van der Waals surface area contributed by atoms with E-state index in [0.29, 0.717) is 6.04 Å². The molecule has 19 heavy (non-hydrogen) atoms. The summed E-state index contributed by atoms with van der Waals surface area (Å²) >= 11 is 7.34. The van der Waals surface area contributed by atoms with E-state index in [1.54, 1.807) is 0 Å². The third kappa shape index (κ3) is 3.30. The fourth-order valence-corrected chi connectivity index (χ4v) is 5.25. The van der Waals surface area contributed by atoms with Crippen LogP contribution >= 0.6 is 38.6 Å². The lowest BCUT2D eigenvalue weighted by molar-refractivity contribution is 0.372. The van der Waals surface area contributed by atoms with E-state index in [1.165, 1.54) is 39.9 Å². The van der Waals surface area contributed by atoms with Crippen molar-refractivity contribution in [3.63, 3.8) is 0 Å². The molecule has 0 bridgehead atoms. The van der Waals surface area contributed by atoms with Crippen molar-refractivity contribution in [2.45, 2.75) is 38.3 Å². The summed E-state index contributed by atoms with van der Waals surface area (Å²) in [7, 11) is 0. The van der Waals surface area contributed by atoms with Crippen molar-refractivity contribution in [2.24, 2.45) is 5.92 Å². The maximum absolute atomic E-state index is 3.80. The fourth-order valence-electron chi connectivity index (χ4n) is 2.91. The van der Waals surface area contributed by atoms with Gasteiger partial charge in [-0.1, -0.05) is 18.9 Å². The van der Waals surface area contributed by atoms with Gasteiger partial charge in [-0.3, -0.25) is 0 Å². The summed E-state index contributed by atoms with van der Waals surface area (Å²) in [5, 5.41) is 8.14. The molecule has 0 radical (unpaired) electrons. The second kappa shape index (κ2) is 6.53. The molecule has 2 aromatic rings. The van der Waals surface area contributed by atoms with Gasteiger partial charge >= 0.3 is 0 Å². The number of hydrogen-bond donors (Lipinski definition) is 1. The van der Waals surface area contributed by atoms with Crippen LogP contribution in [-0.4, -0.2) is 0 Å². The standard InChI is InChI=1S/C15H18BrNS2/c16-12-7-9-19-14(12)10-17-15(11-4-1-2-5-11)13-6-3-8-18-13/h3,6-9,11,15,17H,1-2,4-5,10H2. The van der Waals surface area contributed by atoms with Crippen LogP contribution in [0.1, 0.15) is 41.5 Å². The highest BCUT2D eigenvalue weighted by molar-refractivity contribution is 9.10. The molecule has 1 aliphatic rings. The average Bonchev–Trinajstić information content (AvgIpc) is 3.13. The summed E-state index contributed by atoms with van der Waals surface area (Å²) in [5.74, 6) is 0.817. The van der Waals surface area contributed by atoms with Crippen molar-refractivity contribution in [3.8, 4) is 0 Å². The first-order valence-corrected chi connectivity index (χ1v) is 9.38. The molecule has 0 saturated heterocycles. The smallest absolute Gasteiger partial charge is 0.0446 e. The Balaban J connectivity index is 1.71. The molecule has 0 aliphatic heterocycles. The Labute approximate surface area is 131 Å². The lowest BCUT2D eigenvalue weighted by atomic mass is 9.96. The molecule has 1 N–H and O–H groups in total. The largest absolute Gasteiger partial charge is 0.304 e. The summed E-state index contributed by atoms with van der Waals surface area (Å²) in [6.07, 6.45) is 5.55. The van der Waals surface area contributed by atoms with E-state index in [0.717, 1.165) is 12.5 Å². The highest BCUT2D eigenvalue weighted by atomic mass is 79.9. The van der Waals surface area contributed by atoms with Crippen LogP contribution in [0.5, 0.6) is 0 Å². The summed E-state index contributed by atoms with van der Waals surface area (Å²) in [5.41, 5.74) is 0. The zero-order valence-electron chi connectivity index (χ0n) is 10.8. The monoisotopic (exact) mass is 355 g/mol. The van der Waals surface area contributed by atoms with Gasteiger partial charge in [-0.25, -0.2) is 0 Å². The van der Waals surface area contributed by atoms with Gasteiger partial charge in [-0.2, -0.15) is 0 Å². The number of hydrogen-bond acceptors (Lipinski definition) is 3. The van der Waals surface area contributed by atoms with E-state index in [9.17, 15) is 0 Å². The van der Waals surface area contributed by atoms with Crippen molar-refractivity contribution in [3.05, 3.63) is 43.2 Å². The molecule has 0 amide bonds. The number of thiophene rings is 2. The van der Waals surface area contributed by atoms with E-state index in [4.69, 9.17) is 0 Å². The van der Waals surface area contributed by atoms with Gasteiger partial charge in [0.2, 0.25) is 0 Å². The Kier molecular flexibility index (Phi) is 4.74. The second-order valence-electron chi connectivity index (χ2n) is 5.11. The molecular formula is C15H18BrNS2. The molecule has 1 nitrogen and oxygen atoms in total. The van der Waals surface area contributed by atoms with E-state index in [2.05, 4.69) is 50.2 Å². The maximum atomic E-state index is 3.80. The molecule has 1 atom stereocenters. The molecule has 1 unspecified atom stereocenters. The normalized spacial score (nSPS) is 17.9. The van der Waals surface area contributed by atoms with E-state index >= 15 is 0 Å². The first kappa shape index (κ1) is 13.8. The molecule has 1 fully saturated rings. The Morgan fingerprint density at radius 2 is 2.05 bits per heavy atom. The fraction of sp³-hybridized carbons (Fsp3) is 0.467. The molecule has 2 heterocycles. The van der Waals surface area contributed by atoms with E-state index in [1.807, 2.05) is 22.7 Å². The van der Waals surface area contributed by atoms with Crippen molar-refractivity contribution in [1.29, 1.82) is 0 Å². The highest BCUT2D eigenvalue weighted by Gasteiger charge is 2.26. The Morgan fingerprint density at radius 3 is 2.68 bits per heavy atom. The van der Waals surface area contributed by atoms with Gasteiger partial charge in [0.05, 0.1) is 0 Å². The van der Waals surface area contributed by atoms with Crippen LogP contribution in [0.4, 0.5) is 0 Å². The summed E-state index contributed by atoms with van der Waals surface area (Å²) in [4.78, 5) is 2.90. The predicted molar refractivity (Wildman–Crippen MR) is 87.9 cm³/mol. The molecule has 1 aliphatic carbocycles. The Morgan fingerprint density at radius 1 is 1.21 bits per heavy atom. The molecule has 102 valence electrons. The molecule has 2 aromatic heterocycles. The SMILES string of the molecule is Brc1ccsc1CNC(c1cccs1)C1CCCC1. The van der Waals surface area contributed by atoms with Crippen molar-refractivity contribution < 1.29 is 0 Å². The second-order valence-corrected chi connectivity index (χ2v) is 7.94. The molecule has 4 heteroatoms. The number of nitrogens with one attached hydrogen (secondary N) is 1. The molecular weight excluding hydrogens is 338 g/mol. The first-order chi connectivity index (χ1) is 9.34. The minimum Gasteiger partial charge on any atom is -0.304 e. The van der Waals surface area contributed by atoms with Gasteiger partial charge < -0.3 is 5.32 Å². The third-order valence-corrected chi connectivity index (χ3v) is 6.78. The van der Waals surface area contributed by atoms with E-state index < -0.39 is 0 Å². The molecule has 3 rings (SSSR count). The van der Waals surface area contributed by atoms with Crippen LogP contribution in [-0.2, 0) is 6.54 Å². The van der Waals surface area contributed by atoms with Gasteiger partial charge in [0.1, 0.15) is 0 Å². The lowest BCUT2D eigenvalue weighted by Gasteiger charge is -2.23. The van der Waals surface area contributed by atoms with Crippen molar-refractivity contribution >= 4 is 38.6 Å². The van der Waals surface area contributed by atoms with Gasteiger partial charge in [-0.15, -0.1) is 22.7 Å². The predicted octanol–water partition coefficient (Wildman–Crippen LogP) is 5.59. The Hall–Kier alpha value is -0.160. The van der Waals surface area contributed by atoms with Crippen molar-refractivity contribution in [1.82, 2.24) is 5.32 Å². The zero-order chi connectivity index (χ0) is 13.1. The average molecular weight is 356 g/mol. The molecule has 0 aromatic carbocycles. The summed E-state index contributed by atoms with van der Waals surface area (Å²) < 4.78 is 1.24. The highest BCUT2D eigenvalue weighted by Crippen LogP contribution is 2.37. The van der Waals surface area contributed by atoms with Gasteiger partial charge in [0.15, 0.2) is 0 Å². The number of halogens is 1. The van der Waals surface area contributed by atoms with Crippen LogP contribution in [0, 0.1) is 5.92 Å². The quantitative estimate of drug-likeness (QED) is 0.736. The molecule has 0 spiro atoms. The van der Waals surface area contributed by atoms with E-state index in [-0.39, 0.29) is 0 Å². The van der Waals surface area contributed by atoms with Gasteiger partial charge in [-0.05, 0) is 57.6 Å². The van der Waals surface area contributed by atoms with Crippen LogP contribution in [0.2, 0.25) is 0 Å². The van der Waals surface area contributed by atoms with Gasteiger partial charge in [0, 0.05) is 26.8 Å². The topological polar surface area (TPSA) is 12.0 Å². The number of rotatable bonds is 5. The third-order valence-electron chi connectivity index (χ3n) is 3.89. The van der Waals surface area contributed by atoms with Crippen LogP contribution in [0.3, 0.4) is 0 Å². The lowest BCUT2D eigenvalue weighted by Crippen LogP contribution is -2.25. The summed E-state index contributed by atoms with van der Waals surface area (Å²) in [6, 6.07) is 7.13. The minimum absolute atomic E-state index is 0.538. The zero-order valence-corrected chi connectivity index (χ0v) is 14.0.